The molecule has 0 spiro atoms. The molecule has 0 amide bonds. The third-order valence-electron chi connectivity index (χ3n) is 2.34. The first kappa shape index (κ1) is 13.1. The second-order valence-corrected chi connectivity index (χ2v) is 6.63. The standard InChI is InChI=1S/C16H19OP/c1-16(2,3)17-13-9-11-15(12-10-13)18-14-7-5-4-6-8-14/h4-12,18H,1-3H3. The van der Waals surface area contributed by atoms with Gasteiger partial charge in [0.2, 0.25) is 0 Å². The zero-order chi connectivity index (χ0) is 13.0. The molecule has 0 heterocycles. The van der Waals surface area contributed by atoms with Crippen molar-refractivity contribution in [2.75, 3.05) is 0 Å². The van der Waals surface area contributed by atoms with E-state index in [1.807, 2.05) is 6.07 Å². The number of ether oxygens (including phenoxy) is 1. The van der Waals surface area contributed by atoms with Crippen LogP contribution in [0.2, 0.25) is 0 Å². The van der Waals surface area contributed by atoms with Gasteiger partial charge in [-0.3, -0.25) is 0 Å². The fraction of sp³-hybridized carbons (Fsp3) is 0.250. The van der Waals surface area contributed by atoms with Crippen LogP contribution in [0.25, 0.3) is 0 Å². The van der Waals surface area contributed by atoms with Gasteiger partial charge in [0.15, 0.2) is 0 Å². The molecule has 0 saturated heterocycles. The van der Waals surface area contributed by atoms with Gasteiger partial charge in [-0.1, -0.05) is 51.0 Å². The third kappa shape index (κ3) is 4.16. The molecule has 2 rings (SSSR count). The van der Waals surface area contributed by atoms with Crippen molar-refractivity contribution >= 4 is 19.2 Å². The van der Waals surface area contributed by atoms with E-state index in [9.17, 15) is 0 Å². The molecule has 0 saturated carbocycles. The second kappa shape index (κ2) is 5.54. The second-order valence-electron chi connectivity index (χ2n) is 5.23. The largest absolute Gasteiger partial charge is 0.488 e. The summed E-state index contributed by atoms with van der Waals surface area (Å²) in [5, 5.41) is 2.70. The first-order valence-corrected chi connectivity index (χ1v) is 7.14. The first-order valence-electron chi connectivity index (χ1n) is 6.14. The maximum Gasteiger partial charge on any atom is 0.120 e. The van der Waals surface area contributed by atoms with Crippen molar-refractivity contribution in [2.45, 2.75) is 26.4 Å². The lowest BCUT2D eigenvalue weighted by atomic mass is 10.2. The Morgan fingerprint density at radius 3 is 1.89 bits per heavy atom. The van der Waals surface area contributed by atoms with Gasteiger partial charge in [-0.15, -0.1) is 0 Å². The highest BCUT2D eigenvalue weighted by molar-refractivity contribution is 7.55. The smallest absolute Gasteiger partial charge is 0.120 e. The minimum atomic E-state index is -0.136. The van der Waals surface area contributed by atoms with Gasteiger partial charge in [0.1, 0.15) is 11.4 Å². The van der Waals surface area contributed by atoms with Crippen LogP contribution in [0.5, 0.6) is 5.75 Å². The normalized spacial score (nSPS) is 11.9. The molecule has 94 valence electrons. The molecule has 0 bridgehead atoms. The van der Waals surface area contributed by atoms with E-state index >= 15 is 0 Å². The molecule has 0 aromatic heterocycles. The van der Waals surface area contributed by atoms with Gasteiger partial charge in [0, 0.05) is 0 Å². The van der Waals surface area contributed by atoms with E-state index in [-0.39, 0.29) is 5.60 Å². The number of rotatable bonds is 3. The molecule has 2 aromatic rings. The first-order chi connectivity index (χ1) is 8.53. The summed E-state index contributed by atoms with van der Waals surface area (Å²) in [5.41, 5.74) is -0.136. The predicted molar refractivity (Wildman–Crippen MR) is 80.8 cm³/mol. The highest BCUT2D eigenvalue weighted by atomic mass is 31.1. The molecular weight excluding hydrogens is 239 g/mol. The van der Waals surface area contributed by atoms with Crippen molar-refractivity contribution in [1.29, 1.82) is 0 Å². The third-order valence-corrected chi connectivity index (χ3v) is 3.58. The SMILES string of the molecule is CC(C)(C)Oc1ccc(Pc2ccccc2)cc1. The van der Waals surface area contributed by atoms with E-state index in [0.29, 0.717) is 8.58 Å². The maximum absolute atomic E-state index is 5.81. The summed E-state index contributed by atoms with van der Waals surface area (Å²) in [4.78, 5) is 0. The number of hydrogen-bond acceptors (Lipinski definition) is 1. The zero-order valence-corrected chi connectivity index (χ0v) is 12.1. The van der Waals surface area contributed by atoms with Gasteiger partial charge in [-0.2, -0.15) is 0 Å². The Kier molecular flexibility index (Phi) is 4.04. The molecule has 0 aliphatic heterocycles. The lowest BCUT2D eigenvalue weighted by Gasteiger charge is -2.21. The van der Waals surface area contributed by atoms with Crippen LogP contribution in [-0.4, -0.2) is 5.60 Å². The summed E-state index contributed by atoms with van der Waals surface area (Å²) in [6.07, 6.45) is 0. The average molecular weight is 258 g/mol. The fourth-order valence-corrected chi connectivity index (χ4v) is 2.67. The van der Waals surface area contributed by atoms with Crippen LogP contribution in [0.3, 0.4) is 0 Å². The van der Waals surface area contributed by atoms with Gasteiger partial charge in [0.05, 0.1) is 0 Å². The van der Waals surface area contributed by atoms with Crippen molar-refractivity contribution in [3.05, 3.63) is 54.6 Å². The Hall–Kier alpha value is -1.33. The molecule has 2 heteroatoms. The van der Waals surface area contributed by atoms with Crippen LogP contribution in [0.1, 0.15) is 20.8 Å². The van der Waals surface area contributed by atoms with Crippen molar-refractivity contribution < 1.29 is 4.74 Å². The summed E-state index contributed by atoms with van der Waals surface area (Å²) in [6.45, 7) is 6.19. The molecule has 1 nitrogen and oxygen atoms in total. The van der Waals surface area contributed by atoms with Crippen molar-refractivity contribution in [1.82, 2.24) is 0 Å². The summed E-state index contributed by atoms with van der Waals surface area (Å²) >= 11 is 0. The van der Waals surface area contributed by atoms with Crippen LogP contribution in [0, 0.1) is 0 Å². The number of benzene rings is 2. The summed E-state index contributed by atoms with van der Waals surface area (Å²) in [6, 6.07) is 18.9. The highest BCUT2D eigenvalue weighted by Crippen LogP contribution is 2.18. The van der Waals surface area contributed by atoms with Gasteiger partial charge >= 0.3 is 0 Å². The molecule has 1 atom stereocenters. The average Bonchev–Trinajstić information content (AvgIpc) is 2.31. The lowest BCUT2D eigenvalue weighted by molar-refractivity contribution is 0.131. The van der Waals surface area contributed by atoms with Crippen LogP contribution in [0.4, 0.5) is 0 Å². The quantitative estimate of drug-likeness (QED) is 0.766. The molecule has 1 unspecified atom stereocenters. The Bertz CT molecular complexity index is 483. The van der Waals surface area contributed by atoms with Gasteiger partial charge < -0.3 is 4.74 Å². The Labute approximate surface area is 111 Å². The van der Waals surface area contributed by atoms with Crippen LogP contribution < -0.4 is 15.3 Å². The molecule has 0 aliphatic rings. The molecule has 18 heavy (non-hydrogen) atoms. The van der Waals surface area contributed by atoms with E-state index < -0.39 is 0 Å². The van der Waals surface area contributed by atoms with E-state index in [2.05, 4.69) is 69.3 Å². The summed E-state index contributed by atoms with van der Waals surface area (Å²) in [7, 11) is 0.706. The van der Waals surface area contributed by atoms with E-state index in [4.69, 9.17) is 4.74 Å². The van der Waals surface area contributed by atoms with Crippen LogP contribution >= 0.6 is 8.58 Å². The molecule has 0 N–H and O–H groups in total. The molecule has 2 aromatic carbocycles. The molecular formula is C16H19OP. The fourth-order valence-electron chi connectivity index (χ4n) is 1.65. The molecule has 0 radical (unpaired) electrons. The van der Waals surface area contributed by atoms with E-state index in [0.717, 1.165) is 5.75 Å². The van der Waals surface area contributed by atoms with Crippen molar-refractivity contribution in [3.63, 3.8) is 0 Å². The lowest BCUT2D eigenvalue weighted by Crippen LogP contribution is -2.23. The summed E-state index contributed by atoms with van der Waals surface area (Å²) < 4.78 is 5.81. The number of hydrogen-bond donors (Lipinski definition) is 0. The van der Waals surface area contributed by atoms with Crippen molar-refractivity contribution in [2.24, 2.45) is 0 Å². The predicted octanol–water partition coefficient (Wildman–Crippen LogP) is 3.49. The van der Waals surface area contributed by atoms with Crippen molar-refractivity contribution in [3.8, 4) is 5.75 Å². The zero-order valence-electron chi connectivity index (χ0n) is 11.1. The summed E-state index contributed by atoms with van der Waals surface area (Å²) in [5.74, 6) is 0.934. The minimum absolute atomic E-state index is 0.136. The van der Waals surface area contributed by atoms with Gasteiger partial charge in [-0.05, 0) is 43.5 Å². The van der Waals surface area contributed by atoms with Crippen LogP contribution in [-0.2, 0) is 0 Å². The van der Waals surface area contributed by atoms with E-state index in [1.165, 1.54) is 10.6 Å². The molecule has 0 fully saturated rings. The highest BCUT2D eigenvalue weighted by Gasteiger charge is 2.11. The Morgan fingerprint density at radius 1 is 0.778 bits per heavy atom. The topological polar surface area (TPSA) is 9.23 Å². The van der Waals surface area contributed by atoms with E-state index in [1.54, 1.807) is 0 Å². The van der Waals surface area contributed by atoms with Gasteiger partial charge in [0.25, 0.3) is 0 Å². The monoisotopic (exact) mass is 258 g/mol. The minimum Gasteiger partial charge on any atom is -0.488 e. The Balaban J connectivity index is 2.04. The van der Waals surface area contributed by atoms with Gasteiger partial charge in [-0.25, -0.2) is 0 Å². The molecule has 0 aliphatic carbocycles. The van der Waals surface area contributed by atoms with Crippen LogP contribution in [0.15, 0.2) is 54.6 Å². The maximum atomic E-state index is 5.81. The Morgan fingerprint density at radius 2 is 1.33 bits per heavy atom.